The van der Waals surface area contributed by atoms with Crippen LogP contribution in [0.5, 0.6) is 5.75 Å². The fourth-order valence-corrected chi connectivity index (χ4v) is 3.95. The molecule has 1 unspecified atom stereocenters. The number of piperidine rings is 1. The number of hydrogen-bond acceptors (Lipinski definition) is 7. The summed E-state index contributed by atoms with van der Waals surface area (Å²) in [6, 6.07) is 1.06. The summed E-state index contributed by atoms with van der Waals surface area (Å²) in [6.45, 7) is 4.05. The molecule has 3 heterocycles. The van der Waals surface area contributed by atoms with E-state index in [9.17, 15) is 19.8 Å². The Balaban J connectivity index is 1.75. The van der Waals surface area contributed by atoms with E-state index in [0.29, 0.717) is 44.2 Å². The molecule has 0 spiro atoms. The molecule has 1 saturated heterocycles. The van der Waals surface area contributed by atoms with Gasteiger partial charge in [-0.1, -0.05) is 0 Å². The van der Waals surface area contributed by atoms with Crippen molar-refractivity contribution < 1.29 is 19.7 Å². The molecule has 1 aromatic heterocycles. The van der Waals surface area contributed by atoms with Crippen LogP contribution in [-0.4, -0.2) is 71.6 Å². The van der Waals surface area contributed by atoms with Gasteiger partial charge >= 0.3 is 5.97 Å². The number of aromatic hydroxyl groups is 1. The van der Waals surface area contributed by atoms with E-state index in [1.807, 2.05) is 0 Å². The van der Waals surface area contributed by atoms with Crippen LogP contribution in [0.2, 0.25) is 0 Å². The van der Waals surface area contributed by atoms with Crippen LogP contribution >= 0.6 is 0 Å². The van der Waals surface area contributed by atoms with Gasteiger partial charge in [-0.2, -0.15) is 0 Å². The van der Waals surface area contributed by atoms with E-state index in [2.05, 4.69) is 10.2 Å². The zero-order chi connectivity index (χ0) is 18.7. The molecule has 1 fully saturated rings. The molecule has 0 bridgehead atoms. The number of carbonyl (C=O) groups excluding carboxylic acids is 1. The molecular formula is C18H27N3O5. The lowest BCUT2D eigenvalue weighted by Crippen LogP contribution is -2.42. The van der Waals surface area contributed by atoms with Crippen molar-refractivity contribution in [3.8, 4) is 5.75 Å². The van der Waals surface area contributed by atoms with E-state index in [-0.39, 0.29) is 16.9 Å². The van der Waals surface area contributed by atoms with E-state index in [1.165, 1.54) is 11.7 Å². The van der Waals surface area contributed by atoms with Crippen LogP contribution in [0.25, 0.3) is 0 Å². The Labute approximate surface area is 152 Å². The van der Waals surface area contributed by atoms with Gasteiger partial charge in [0, 0.05) is 44.4 Å². The lowest BCUT2D eigenvalue weighted by molar-refractivity contribution is 0.0509. The van der Waals surface area contributed by atoms with E-state index in [0.717, 1.165) is 32.0 Å². The van der Waals surface area contributed by atoms with Crippen molar-refractivity contribution in [3.63, 3.8) is 0 Å². The minimum absolute atomic E-state index is 0.0628. The molecule has 0 aliphatic carbocycles. The van der Waals surface area contributed by atoms with Crippen molar-refractivity contribution >= 4 is 5.97 Å². The number of rotatable bonds is 4. The Kier molecular flexibility index (Phi) is 5.95. The summed E-state index contributed by atoms with van der Waals surface area (Å²) < 4.78 is 6.29. The highest BCUT2D eigenvalue weighted by Gasteiger charge is 2.27. The first kappa shape index (κ1) is 18.9. The molecule has 2 aliphatic rings. The molecule has 0 aromatic carbocycles. The number of ether oxygens (including phenoxy) is 1. The van der Waals surface area contributed by atoms with E-state index in [4.69, 9.17) is 4.74 Å². The first-order valence-electron chi connectivity index (χ1n) is 9.16. The van der Waals surface area contributed by atoms with Crippen molar-refractivity contribution in [2.45, 2.75) is 31.9 Å². The van der Waals surface area contributed by atoms with Crippen LogP contribution < -0.4 is 10.9 Å². The maximum atomic E-state index is 12.3. The second-order valence-electron chi connectivity index (χ2n) is 7.04. The van der Waals surface area contributed by atoms with Crippen molar-refractivity contribution in [1.82, 2.24) is 14.8 Å². The maximum absolute atomic E-state index is 12.3. The first-order chi connectivity index (χ1) is 12.5. The highest BCUT2D eigenvalue weighted by Crippen LogP contribution is 2.23. The van der Waals surface area contributed by atoms with Crippen molar-refractivity contribution in [2.24, 2.45) is 5.92 Å². The van der Waals surface area contributed by atoms with Crippen molar-refractivity contribution in [1.29, 1.82) is 0 Å². The Hall–Kier alpha value is -1.90. The molecule has 2 aliphatic heterocycles. The summed E-state index contributed by atoms with van der Waals surface area (Å²) in [7, 11) is 1.25. The first-order valence-corrected chi connectivity index (χ1v) is 9.16. The van der Waals surface area contributed by atoms with Gasteiger partial charge in [0.05, 0.1) is 13.2 Å². The van der Waals surface area contributed by atoms with Gasteiger partial charge < -0.3 is 24.8 Å². The summed E-state index contributed by atoms with van der Waals surface area (Å²) in [5.41, 5.74) is 0.236. The number of carbonyl (C=O) groups is 1. The highest BCUT2D eigenvalue weighted by molar-refractivity contribution is 5.93. The molecule has 144 valence electrons. The highest BCUT2D eigenvalue weighted by atomic mass is 16.5. The molecule has 1 atom stereocenters. The summed E-state index contributed by atoms with van der Waals surface area (Å²) in [5, 5.41) is 23.9. The van der Waals surface area contributed by atoms with Crippen LogP contribution in [0, 0.1) is 5.92 Å². The van der Waals surface area contributed by atoms with Gasteiger partial charge in [0.15, 0.2) is 0 Å². The SMILES string of the molecule is COC(=O)c1c(O)cc(=O)n2c1CCN(CC(O)C1CCNCC1)CC2. The Morgan fingerprint density at radius 2 is 2.08 bits per heavy atom. The van der Waals surface area contributed by atoms with Crippen LogP contribution in [0.1, 0.15) is 28.9 Å². The van der Waals surface area contributed by atoms with E-state index >= 15 is 0 Å². The number of β-amino-alcohol motifs (C(OH)–C–C–N with tert-alkyl or cyclic N) is 1. The zero-order valence-electron chi connectivity index (χ0n) is 15.1. The fraction of sp³-hybridized carbons (Fsp3) is 0.667. The third-order valence-electron chi connectivity index (χ3n) is 5.46. The van der Waals surface area contributed by atoms with Gasteiger partial charge in [0.1, 0.15) is 11.3 Å². The molecule has 8 nitrogen and oxygen atoms in total. The number of fused-ring (bicyclic) bond motifs is 1. The van der Waals surface area contributed by atoms with Crippen molar-refractivity contribution in [3.05, 3.63) is 27.7 Å². The summed E-state index contributed by atoms with van der Waals surface area (Å²) in [4.78, 5) is 26.4. The fourth-order valence-electron chi connectivity index (χ4n) is 3.95. The lowest BCUT2D eigenvalue weighted by Gasteiger charge is -2.31. The van der Waals surface area contributed by atoms with Gasteiger partial charge in [-0.05, 0) is 31.8 Å². The normalized spacial score (nSPS) is 20.2. The molecule has 0 amide bonds. The Morgan fingerprint density at radius 3 is 2.77 bits per heavy atom. The quantitative estimate of drug-likeness (QED) is 0.622. The standard InChI is InChI=1S/C18H27N3O5/c1-26-18(25)17-13-4-7-20(8-9-21(13)16(24)10-14(17)22)11-15(23)12-2-5-19-6-3-12/h10,12,15,19,22-23H,2-9,11H2,1H3. The molecule has 3 rings (SSSR count). The minimum Gasteiger partial charge on any atom is -0.507 e. The average Bonchev–Trinajstić information content (AvgIpc) is 2.85. The number of hydrogen-bond donors (Lipinski definition) is 3. The monoisotopic (exact) mass is 365 g/mol. The maximum Gasteiger partial charge on any atom is 0.343 e. The van der Waals surface area contributed by atoms with Crippen LogP contribution in [0.15, 0.2) is 10.9 Å². The third kappa shape index (κ3) is 3.92. The second-order valence-corrected chi connectivity index (χ2v) is 7.04. The Morgan fingerprint density at radius 1 is 1.35 bits per heavy atom. The van der Waals surface area contributed by atoms with Gasteiger partial charge in [-0.15, -0.1) is 0 Å². The summed E-state index contributed by atoms with van der Waals surface area (Å²) in [5.74, 6) is -0.690. The van der Waals surface area contributed by atoms with Gasteiger partial charge in [-0.3, -0.25) is 9.69 Å². The molecular weight excluding hydrogens is 338 g/mol. The number of methoxy groups -OCH3 is 1. The van der Waals surface area contributed by atoms with Crippen LogP contribution in [-0.2, 0) is 17.7 Å². The molecule has 1 aromatic rings. The number of aliphatic hydroxyl groups is 1. The smallest absolute Gasteiger partial charge is 0.343 e. The minimum atomic E-state index is -0.644. The number of esters is 1. The largest absolute Gasteiger partial charge is 0.507 e. The summed E-state index contributed by atoms with van der Waals surface area (Å²) in [6.07, 6.45) is 1.97. The average molecular weight is 365 g/mol. The molecule has 0 saturated carbocycles. The number of nitrogens with one attached hydrogen (secondary N) is 1. The lowest BCUT2D eigenvalue weighted by atomic mass is 9.92. The van der Waals surface area contributed by atoms with Gasteiger partial charge in [0.25, 0.3) is 5.56 Å². The topological polar surface area (TPSA) is 104 Å². The van der Waals surface area contributed by atoms with E-state index < -0.39 is 12.1 Å². The molecule has 8 heteroatoms. The second kappa shape index (κ2) is 8.20. The van der Waals surface area contributed by atoms with Crippen molar-refractivity contribution in [2.75, 3.05) is 39.8 Å². The van der Waals surface area contributed by atoms with Gasteiger partial charge in [0.2, 0.25) is 0 Å². The van der Waals surface area contributed by atoms with E-state index in [1.54, 1.807) is 0 Å². The van der Waals surface area contributed by atoms with Crippen LogP contribution in [0.3, 0.4) is 0 Å². The number of pyridine rings is 1. The number of nitrogens with zero attached hydrogens (tertiary/aromatic N) is 2. The Bertz CT molecular complexity index is 712. The zero-order valence-corrected chi connectivity index (χ0v) is 15.1. The molecule has 3 N–H and O–H groups in total. The van der Waals surface area contributed by atoms with Gasteiger partial charge in [-0.25, -0.2) is 4.79 Å². The molecule has 0 radical (unpaired) electrons. The predicted octanol–water partition coefficient (Wildman–Crippen LogP) is -0.441. The van der Waals surface area contributed by atoms with Crippen LogP contribution in [0.4, 0.5) is 0 Å². The molecule has 26 heavy (non-hydrogen) atoms. The third-order valence-corrected chi connectivity index (χ3v) is 5.46. The predicted molar refractivity (Wildman–Crippen MR) is 95.5 cm³/mol. The number of aliphatic hydroxyl groups excluding tert-OH is 1. The summed E-state index contributed by atoms with van der Waals surface area (Å²) >= 11 is 0. The number of aromatic nitrogens is 1.